The standard InChI is InChI=1S/C18H22FN3O2S/c1-13(23)22(17-6-4-15(19)5-7-17)18-21-16(12-25-18)10-20-9-14-3-2-8-24-11-14/h4-7,12,14,20H,2-3,8-11H2,1H3. The molecule has 1 fully saturated rings. The Balaban J connectivity index is 1.62. The molecule has 1 amide bonds. The van der Waals surface area contributed by atoms with Gasteiger partial charge in [-0.25, -0.2) is 9.37 Å². The first-order chi connectivity index (χ1) is 12.1. The van der Waals surface area contributed by atoms with Gasteiger partial charge in [-0.1, -0.05) is 0 Å². The highest BCUT2D eigenvalue weighted by Gasteiger charge is 2.18. The summed E-state index contributed by atoms with van der Waals surface area (Å²) in [4.78, 5) is 18.1. The summed E-state index contributed by atoms with van der Waals surface area (Å²) in [6.45, 7) is 4.73. The second kappa shape index (κ2) is 8.51. The van der Waals surface area contributed by atoms with Crippen molar-refractivity contribution >= 4 is 28.1 Å². The quantitative estimate of drug-likeness (QED) is 0.854. The number of nitrogens with one attached hydrogen (secondary N) is 1. The predicted molar refractivity (Wildman–Crippen MR) is 96.6 cm³/mol. The second-order valence-corrected chi connectivity index (χ2v) is 7.00. The van der Waals surface area contributed by atoms with Gasteiger partial charge in [-0.05, 0) is 43.0 Å². The zero-order chi connectivity index (χ0) is 17.6. The number of carbonyl (C=O) groups excluding carboxylic acids is 1. The molecule has 1 aliphatic heterocycles. The topological polar surface area (TPSA) is 54.5 Å². The van der Waals surface area contributed by atoms with Crippen molar-refractivity contribution in [2.24, 2.45) is 5.92 Å². The van der Waals surface area contributed by atoms with Gasteiger partial charge in [-0.2, -0.15) is 0 Å². The van der Waals surface area contributed by atoms with Crippen LogP contribution in [0.2, 0.25) is 0 Å². The molecule has 0 saturated carbocycles. The van der Waals surface area contributed by atoms with E-state index in [1.807, 2.05) is 5.38 Å². The fourth-order valence-electron chi connectivity index (χ4n) is 2.87. The first kappa shape index (κ1) is 18.0. The van der Waals surface area contributed by atoms with Crippen LogP contribution in [0.25, 0.3) is 0 Å². The summed E-state index contributed by atoms with van der Waals surface area (Å²) >= 11 is 1.41. The van der Waals surface area contributed by atoms with Crippen LogP contribution in [0, 0.1) is 11.7 Å². The summed E-state index contributed by atoms with van der Waals surface area (Å²) < 4.78 is 18.6. The smallest absolute Gasteiger partial charge is 0.230 e. The van der Waals surface area contributed by atoms with Crippen LogP contribution in [-0.2, 0) is 16.1 Å². The van der Waals surface area contributed by atoms with Crippen LogP contribution in [0.5, 0.6) is 0 Å². The molecule has 2 heterocycles. The lowest BCUT2D eigenvalue weighted by Crippen LogP contribution is -2.29. The van der Waals surface area contributed by atoms with E-state index in [1.54, 1.807) is 12.1 Å². The zero-order valence-corrected chi connectivity index (χ0v) is 15.0. The number of nitrogens with zero attached hydrogens (tertiary/aromatic N) is 2. The number of benzene rings is 1. The average molecular weight is 363 g/mol. The fourth-order valence-corrected chi connectivity index (χ4v) is 3.76. The maximum Gasteiger partial charge on any atom is 0.230 e. The van der Waals surface area contributed by atoms with Crippen molar-refractivity contribution < 1.29 is 13.9 Å². The molecule has 1 unspecified atom stereocenters. The van der Waals surface area contributed by atoms with E-state index < -0.39 is 0 Å². The van der Waals surface area contributed by atoms with Crippen molar-refractivity contribution in [3.8, 4) is 0 Å². The van der Waals surface area contributed by atoms with Gasteiger partial charge in [0.2, 0.25) is 5.91 Å². The summed E-state index contributed by atoms with van der Waals surface area (Å²) in [5, 5.41) is 5.95. The fraction of sp³-hybridized carbons (Fsp3) is 0.444. The van der Waals surface area contributed by atoms with Gasteiger partial charge in [0.15, 0.2) is 5.13 Å². The zero-order valence-electron chi connectivity index (χ0n) is 14.2. The molecular formula is C18H22FN3O2S. The van der Waals surface area contributed by atoms with Crippen molar-refractivity contribution in [1.29, 1.82) is 0 Å². The van der Waals surface area contributed by atoms with Gasteiger partial charge in [0.1, 0.15) is 5.82 Å². The minimum atomic E-state index is -0.331. The molecule has 1 saturated heterocycles. The number of thiazole rings is 1. The summed E-state index contributed by atoms with van der Waals surface area (Å²) in [7, 11) is 0. The first-order valence-electron chi connectivity index (χ1n) is 8.42. The van der Waals surface area contributed by atoms with Crippen LogP contribution in [0.1, 0.15) is 25.5 Å². The number of ether oxygens (including phenoxy) is 1. The van der Waals surface area contributed by atoms with Crippen LogP contribution in [0.15, 0.2) is 29.6 Å². The SMILES string of the molecule is CC(=O)N(c1ccc(F)cc1)c1nc(CNCC2CCCOC2)cs1. The molecule has 0 radical (unpaired) electrons. The lowest BCUT2D eigenvalue weighted by Gasteiger charge is -2.22. The largest absolute Gasteiger partial charge is 0.381 e. The highest BCUT2D eigenvalue weighted by atomic mass is 32.1. The van der Waals surface area contributed by atoms with Crippen molar-refractivity contribution in [3.63, 3.8) is 0 Å². The molecule has 2 aromatic rings. The molecule has 7 heteroatoms. The molecule has 1 N–H and O–H groups in total. The molecule has 1 aromatic heterocycles. The van der Waals surface area contributed by atoms with Gasteiger partial charge < -0.3 is 10.1 Å². The molecule has 25 heavy (non-hydrogen) atoms. The Hall–Kier alpha value is -1.83. The van der Waals surface area contributed by atoms with E-state index in [4.69, 9.17) is 4.74 Å². The molecule has 0 aliphatic carbocycles. The maximum atomic E-state index is 13.1. The molecule has 1 aliphatic rings. The molecule has 134 valence electrons. The van der Waals surface area contributed by atoms with E-state index in [0.29, 0.717) is 23.3 Å². The van der Waals surface area contributed by atoms with E-state index in [-0.39, 0.29) is 11.7 Å². The minimum absolute atomic E-state index is 0.153. The van der Waals surface area contributed by atoms with Crippen molar-refractivity contribution in [1.82, 2.24) is 10.3 Å². The number of amides is 1. The molecular weight excluding hydrogens is 341 g/mol. The Bertz CT molecular complexity index is 699. The Morgan fingerprint density at radius 1 is 1.44 bits per heavy atom. The van der Waals surface area contributed by atoms with Crippen LogP contribution in [-0.4, -0.2) is 30.6 Å². The number of anilines is 2. The van der Waals surface area contributed by atoms with Crippen LogP contribution >= 0.6 is 11.3 Å². The Labute approximate surface area is 150 Å². The van der Waals surface area contributed by atoms with Crippen LogP contribution in [0.4, 0.5) is 15.2 Å². The third-order valence-corrected chi connectivity index (χ3v) is 5.00. The lowest BCUT2D eigenvalue weighted by atomic mass is 10.0. The van der Waals surface area contributed by atoms with Gasteiger partial charge in [0, 0.05) is 32.0 Å². The van der Waals surface area contributed by atoms with Gasteiger partial charge in [-0.15, -0.1) is 11.3 Å². The Morgan fingerprint density at radius 2 is 2.24 bits per heavy atom. The highest BCUT2D eigenvalue weighted by Crippen LogP contribution is 2.29. The number of rotatable bonds is 6. The predicted octanol–water partition coefficient (Wildman–Crippen LogP) is 3.48. The van der Waals surface area contributed by atoms with Gasteiger partial charge >= 0.3 is 0 Å². The number of aromatic nitrogens is 1. The molecule has 3 rings (SSSR count). The number of halogens is 1. The third-order valence-electron chi connectivity index (χ3n) is 4.12. The molecule has 0 bridgehead atoms. The summed E-state index contributed by atoms with van der Waals surface area (Å²) in [5.74, 6) is 0.0718. The van der Waals surface area contributed by atoms with Gasteiger partial charge in [0.25, 0.3) is 0 Å². The van der Waals surface area contributed by atoms with Crippen molar-refractivity contribution in [2.75, 3.05) is 24.7 Å². The lowest BCUT2D eigenvalue weighted by molar-refractivity contribution is -0.115. The molecule has 1 atom stereocenters. The van der Waals surface area contributed by atoms with Crippen molar-refractivity contribution in [2.45, 2.75) is 26.3 Å². The summed E-state index contributed by atoms with van der Waals surface area (Å²) in [6, 6.07) is 5.85. The van der Waals surface area contributed by atoms with Crippen molar-refractivity contribution in [3.05, 3.63) is 41.2 Å². The van der Waals surface area contributed by atoms with E-state index >= 15 is 0 Å². The number of hydrogen-bond donors (Lipinski definition) is 1. The van der Waals surface area contributed by atoms with Gasteiger partial charge in [0.05, 0.1) is 18.0 Å². The molecule has 5 nitrogen and oxygen atoms in total. The molecule has 0 spiro atoms. The Kier molecular flexibility index (Phi) is 6.12. The third kappa shape index (κ3) is 4.84. The second-order valence-electron chi connectivity index (χ2n) is 6.17. The first-order valence-corrected chi connectivity index (χ1v) is 9.30. The van der Waals surface area contributed by atoms with E-state index in [9.17, 15) is 9.18 Å². The highest BCUT2D eigenvalue weighted by molar-refractivity contribution is 7.14. The van der Waals surface area contributed by atoms with Gasteiger partial charge in [-0.3, -0.25) is 9.69 Å². The van der Waals surface area contributed by atoms with E-state index in [2.05, 4.69) is 10.3 Å². The van der Waals surface area contributed by atoms with E-state index in [0.717, 1.165) is 31.9 Å². The average Bonchev–Trinajstić information content (AvgIpc) is 3.06. The summed E-state index contributed by atoms with van der Waals surface area (Å²) in [6.07, 6.45) is 2.32. The minimum Gasteiger partial charge on any atom is -0.381 e. The van der Waals surface area contributed by atoms with E-state index in [1.165, 1.54) is 41.7 Å². The number of carbonyl (C=O) groups is 1. The summed E-state index contributed by atoms with van der Waals surface area (Å²) in [5.41, 5.74) is 1.51. The van der Waals surface area contributed by atoms with Crippen LogP contribution < -0.4 is 10.2 Å². The normalized spacial score (nSPS) is 17.4. The monoisotopic (exact) mass is 363 g/mol. The maximum absolute atomic E-state index is 13.1. The Morgan fingerprint density at radius 3 is 2.92 bits per heavy atom. The molecule has 1 aromatic carbocycles. The van der Waals surface area contributed by atoms with Crippen LogP contribution in [0.3, 0.4) is 0 Å². The number of hydrogen-bond acceptors (Lipinski definition) is 5.